The molecule has 298 valence electrons. The van der Waals surface area contributed by atoms with Gasteiger partial charge in [0.05, 0.1) is 25.4 Å². The number of hydrogen-bond donors (Lipinski definition) is 8. The molecule has 11 nitrogen and oxygen atoms in total. The highest BCUT2D eigenvalue weighted by atomic mass is 16.7. The molecule has 0 aliphatic carbocycles. The van der Waals surface area contributed by atoms with E-state index >= 15 is 0 Å². The van der Waals surface area contributed by atoms with E-state index in [0.29, 0.717) is 19.3 Å². The van der Waals surface area contributed by atoms with Gasteiger partial charge in [-0.15, -0.1) is 0 Å². The van der Waals surface area contributed by atoms with Gasteiger partial charge in [-0.1, -0.05) is 162 Å². The largest absolute Gasteiger partial charge is 0.394 e. The molecule has 9 unspecified atom stereocenters. The number of hydrogen-bond acceptors (Lipinski definition) is 10. The van der Waals surface area contributed by atoms with E-state index in [1.807, 2.05) is 0 Å². The Morgan fingerprint density at radius 2 is 1.04 bits per heavy atom. The van der Waals surface area contributed by atoms with Crippen LogP contribution in [0.15, 0.2) is 0 Å². The number of carbonyl (C=O) groups excluding carboxylic acids is 1. The van der Waals surface area contributed by atoms with Crippen LogP contribution in [0.1, 0.15) is 174 Å². The van der Waals surface area contributed by atoms with Crippen molar-refractivity contribution in [3.05, 3.63) is 0 Å². The third-order valence-corrected chi connectivity index (χ3v) is 10.2. The maximum atomic E-state index is 13.0. The van der Waals surface area contributed by atoms with Gasteiger partial charge >= 0.3 is 0 Å². The van der Waals surface area contributed by atoms with Crippen LogP contribution < -0.4 is 5.32 Å². The molecular formula is C39H77NO10. The predicted molar refractivity (Wildman–Crippen MR) is 196 cm³/mol. The maximum absolute atomic E-state index is 13.0. The number of ether oxygens (including phenoxy) is 2. The first kappa shape index (κ1) is 47.1. The highest BCUT2D eigenvalue weighted by Gasteiger charge is 2.44. The minimum Gasteiger partial charge on any atom is -0.394 e. The number of carbonyl (C=O) groups is 1. The van der Waals surface area contributed by atoms with Crippen LogP contribution in [-0.4, -0.2) is 110 Å². The molecule has 1 aliphatic heterocycles. The lowest BCUT2D eigenvalue weighted by Crippen LogP contribution is -2.60. The first-order chi connectivity index (χ1) is 24.2. The average Bonchev–Trinajstić information content (AvgIpc) is 3.11. The molecular weight excluding hydrogens is 642 g/mol. The Balaban J connectivity index is 2.42. The molecule has 1 aliphatic rings. The molecule has 9 atom stereocenters. The zero-order chi connectivity index (χ0) is 37.0. The first-order valence-corrected chi connectivity index (χ1v) is 20.4. The van der Waals surface area contributed by atoms with Crippen LogP contribution in [0.3, 0.4) is 0 Å². The van der Waals surface area contributed by atoms with Crippen LogP contribution in [0.2, 0.25) is 0 Å². The molecule has 0 bridgehead atoms. The molecule has 0 saturated carbocycles. The fourth-order valence-corrected chi connectivity index (χ4v) is 6.67. The Bertz CT molecular complexity index is 790. The molecule has 1 saturated heterocycles. The topological polar surface area (TPSA) is 189 Å². The van der Waals surface area contributed by atoms with E-state index in [0.717, 1.165) is 51.4 Å². The monoisotopic (exact) mass is 720 g/mol. The molecule has 8 N–H and O–H groups in total. The van der Waals surface area contributed by atoms with Crippen molar-refractivity contribution in [2.75, 3.05) is 13.2 Å². The second-order valence-corrected chi connectivity index (χ2v) is 14.7. The molecule has 0 radical (unpaired) electrons. The van der Waals surface area contributed by atoms with Crippen molar-refractivity contribution in [1.82, 2.24) is 5.32 Å². The van der Waals surface area contributed by atoms with Crippen LogP contribution >= 0.6 is 0 Å². The minimum atomic E-state index is -1.65. The van der Waals surface area contributed by atoms with Crippen molar-refractivity contribution in [2.24, 2.45) is 0 Å². The van der Waals surface area contributed by atoms with E-state index in [-0.39, 0.29) is 6.42 Å². The zero-order valence-electron chi connectivity index (χ0n) is 31.6. The van der Waals surface area contributed by atoms with Crippen LogP contribution in [0.25, 0.3) is 0 Å². The summed E-state index contributed by atoms with van der Waals surface area (Å²) in [5, 5.41) is 74.9. The van der Waals surface area contributed by atoms with Gasteiger partial charge in [-0.3, -0.25) is 4.79 Å². The molecule has 1 amide bonds. The highest BCUT2D eigenvalue weighted by molar-refractivity contribution is 5.80. The van der Waals surface area contributed by atoms with Gasteiger partial charge in [-0.2, -0.15) is 0 Å². The quantitative estimate of drug-likeness (QED) is 0.0421. The summed E-state index contributed by atoms with van der Waals surface area (Å²) in [5.41, 5.74) is 0. The van der Waals surface area contributed by atoms with Gasteiger partial charge in [-0.25, -0.2) is 0 Å². The molecule has 11 heteroatoms. The highest BCUT2D eigenvalue weighted by Crippen LogP contribution is 2.23. The third kappa shape index (κ3) is 21.0. The Morgan fingerprint density at radius 1 is 0.620 bits per heavy atom. The minimum absolute atomic E-state index is 0.265. The predicted octanol–water partition coefficient (Wildman–Crippen LogP) is 5.16. The van der Waals surface area contributed by atoms with Gasteiger partial charge in [0.15, 0.2) is 6.29 Å². The molecule has 50 heavy (non-hydrogen) atoms. The summed E-state index contributed by atoms with van der Waals surface area (Å²) in [4.78, 5) is 13.0. The van der Waals surface area contributed by atoms with Crippen molar-refractivity contribution >= 4 is 5.91 Å². The lowest BCUT2D eigenvalue weighted by Gasteiger charge is -2.40. The SMILES string of the molecule is CCCCCCCCCCCCCCCCCCCC(O)C(=O)NC(COC1OC(CO)C(O)C(O)C1O)C(O)C(O)CCCCCCCC. The number of amides is 1. The molecule has 0 aromatic carbocycles. The number of aliphatic hydroxyl groups excluding tert-OH is 7. The van der Waals surface area contributed by atoms with E-state index in [1.165, 1.54) is 83.5 Å². The molecule has 0 aromatic heterocycles. The molecule has 1 fully saturated rings. The van der Waals surface area contributed by atoms with Crippen molar-refractivity contribution in [2.45, 2.75) is 229 Å². The Hall–Kier alpha value is -0.890. The van der Waals surface area contributed by atoms with E-state index in [1.54, 1.807) is 0 Å². The van der Waals surface area contributed by atoms with Gasteiger partial charge in [0.1, 0.15) is 36.6 Å². The number of aliphatic hydroxyl groups is 7. The average molecular weight is 720 g/mol. The number of unbranched alkanes of at least 4 members (excludes halogenated alkanes) is 21. The summed E-state index contributed by atoms with van der Waals surface area (Å²) in [6.07, 6.45) is 16.3. The second kappa shape index (κ2) is 30.6. The van der Waals surface area contributed by atoms with Crippen molar-refractivity contribution < 1.29 is 50.0 Å². The van der Waals surface area contributed by atoms with E-state index < -0.39 is 74.2 Å². The fourth-order valence-electron chi connectivity index (χ4n) is 6.67. The first-order valence-electron chi connectivity index (χ1n) is 20.4. The van der Waals surface area contributed by atoms with Crippen LogP contribution in [0.5, 0.6) is 0 Å². The molecule has 1 heterocycles. The smallest absolute Gasteiger partial charge is 0.249 e. The van der Waals surface area contributed by atoms with Gasteiger partial charge in [0.25, 0.3) is 0 Å². The summed E-state index contributed by atoms with van der Waals surface area (Å²) in [6.45, 7) is 3.34. The Morgan fingerprint density at radius 3 is 1.48 bits per heavy atom. The van der Waals surface area contributed by atoms with Crippen molar-refractivity contribution in [3.8, 4) is 0 Å². The number of nitrogens with one attached hydrogen (secondary N) is 1. The van der Waals surface area contributed by atoms with Gasteiger partial charge in [0.2, 0.25) is 5.91 Å². The molecule has 0 aromatic rings. The van der Waals surface area contributed by atoms with Gasteiger partial charge < -0.3 is 50.5 Å². The Kier molecular flexibility index (Phi) is 28.8. The molecule has 1 rings (SSSR count). The summed E-state index contributed by atoms with van der Waals surface area (Å²) >= 11 is 0. The lowest BCUT2D eigenvalue weighted by molar-refractivity contribution is -0.303. The van der Waals surface area contributed by atoms with Gasteiger partial charge in [-0.05, 0) is 12.8 Å². The lowest BCUT2D eigenvalue weighted by atomic mass is 9.98. The summed E-state index contributed by atoms with van der Waals surface area (Å²) < 4.78 is 11.0. The van der Waals surface area contributed by atoms with Crippen LogP contribution in [0, 0.1) is 0 Å². The van der Waals surface area contributed by atoms with Crippen molar-refractivity contribution in [1.29, 1.82) is 0 Å². The summed E-state index contributed by atoms with van der Waals surface area (Å²) in [7, 11) is 0. The second-order valence-electron chi connectivity index (χ2n) is 14.7. The van der Waals surface area contributed by atoms with Crippen molar-refractivity contribution in [3.63, 3.8) is 0 Å². The van der Waals surface area contributed by atoms with Crippen LogP contribution in [-0.2, 0) is 14.3 Å². The van der Waals surface area contributed by atoms with Crippen LogP contribution in [0.4, 0.5) is 0 Å². The standard InChI is InChI=1S/C39H77NO10/c1-3-5-7-9-11-12-13-14-15-16-17-18-19-20-21-23-25-27-32(43)38(48)40-30(34(44)31(42)26-24-22-10-8-6-4-2)29-49-39-37(47)36(46)35(45)33(28-41)50-39/h30-37,39,41-47H,3-29H2,1-2H3,(H,40,48). The zero-order valence-corrected chi connectivity index (χ0v) is 31.6. The van der Waals surface area contributed by atoms with E-state index in [9.17, 15) is 40.5 Å². The third-order valence-electron chi connectivity index (χ3n) is 10.2. The maximum Gasteiger partial charge on any atom is 0.249 e. The number of rotatable bonds is 33. The summed E-state index contributed by atoms with van der Waals surface area (Å²) in [6, 6.07) is -1.16. The summed E-state index contributed by atoms with van der Waals surface area (Å²) in [5.74, 6) is -0.699. The Labute approximate surface area is 303 Å². The van der Waals surface area contributed by atoms with E-state index in [4.69, 9.17) is 9.47 Å². The fraction of sp³-hybridized carbons (Fsp3) is 0.974. The van der Waals surface area contributed by atoms with Gasteiger partial charge in [0, 0.05) is 0 Å². The molecule has 0 spiro atoms. The van der Waals surface area contributed by atoms with E-state index in [2.05, 4.69) is 19.2 Å². The normalized spacial score (nSPS) is 23.4.